The third-order valence-electron chi connectivity index (χ3n) is 6.09. The zero-order valence-electron chi connectivity index (χ0n) is 18.5. The van der Waals surface area contributed by atoms with Gasteiger partial charge in [-0.2, -0.15) is 0 Å². The first-order valence-corrected chi connectivity index (χ1v) is 12.3. The molecule has 0 bridgehead atoms. The van der Waals surface area contributed by atoms with Gasteiger partial charge in [0.2, 0.25) is 21.8 Å². The molecule has 2 saturated heterocycles. The maximum atomic E-state index is 13.4. The van der Waals surface area contributed by atoms with Crippen molar-refractivity contribution in [2.75, 3.05) is 63.4 Å². The predicted octanol–water partition coefficient (Wildman–Crippen LogP) is 0.174. The molecule has 0 unspecified atom stereocenters. The Morgan fingerprint density at radius 1 is 1.22 bits per heavy atom. The standard InChI is InChI=1S/C21H30N4O6S/c1-23(2)32(28,29)16-6-7-17-19(11-16)25(21(27)18-5-3-4-8-24(17)18)13-20(26)22-12-15-14-30-9-10-31-15/h6-7,11,15,18H,3-5,8-10,12-14H2,1-2H3,(H,22,26)/t15-,18-/m1/s1. The van der Waals surface area contributed by atoms with Crippen LogP contribution < -0.4 is 15.1 Å². The molecule has 1 aromatic rings. The van der Waals surface area contributed by atoms with E-state index in [0.717, 1.165) is 29.4 Å². The monoisotopic (exact) mass is 466 g/mol. The van der Waals surface area contributed by atoms with Crippen molar-refractivity contribution < 1.29 is 27.5 Å². The minimum absolute atomic E-state index is 0.0858. The number of anilines is 2. The van der Waals surface area contributed by atoms with Crippen molar-refractivity contribution in [2.45, 2.75) is 36.3 Å². The topological polar surface area (TPSA) is 108 Å². The maximum Gasteiger partial charge on any atom is 0.250 e. The third kappa shape index (κ3) is 4.47. The van der Waals surface area contributed by atoms with E-state index in [1.54, 1.807) is 12.1 Å². The molecule has 0 aliphatic carbocycles. The highest BCUT2D eigenvalue weighted by Crippen LogP contribution is 2.40. The number of sulfonamides is 1. The average molecular weight is 467 g/mol. The molecule has 176 valence electrons. The molecule has 1 aromatic carbocycles. The smallest absolute Gasteiger partial charge is 0.250 e. The van der Waals surface area contributed by atoms with Gasteiger partial charge in [-0.3, -0.25) is 14.5 Å². The van der Waals surface area contributed by atoms with Crippen LogP contribution in [0.4, 0.5) is 11.4 Å². The molecule has 0 saturated carbocycles. The number of hydrogen-bond acceptors (Lipinski definition) is 7. The summed E-state index contributed by atoms with van der Waals surface area (Å²) >= 11 is 0. The SMILES string of the molecule is CN(C)S(=O)(=O)c1ccc2c(c1)N(CC(=O)NC[C@@H]1COCCO1)C(=O)[C@H]1CCCCN21. The molecular formula is C21H30N4O6S. The molecule has 0 radical (unpaired) electrons. The number of piperidine rings is 1. The Balaban J connectivity index is 1.60. The van der Waals surface area contributed by atoms with Crippen molar-refractivity contribution in [3.63, 3.8) is 0 Å². The number of carbonyl (C=O) groups excluding carboxylic acids is 2. The summed E-state index contributed by atoms with van der Waals surface area (Å²) in [4.78, 5) is 29.6. The van der Waals surface area contributed by atoms with Crippen LogP contribution in [0.25, 0.3) is 0 Å². The lowest BCUT2D eigenvalue weighted by Gasteiger charge is -2.45. The van der Waals surface area contributed by atoms with Gasteiger partial charge in [0.25, 0.3) is 0 Å². The molecular weight excluding hydrogens is 436 g/mol. The van der Waals surface area contributed by atoms with Crippen molar-refractivity contribution in [1.82, 2.24) is 9.62 Å². The Bertz CT molecular complexity index is 977. The van der Waals surface area contributed by atoms with Gasteiger partial charge in [0.15, 0.2) is 0 Å². The van der Waals surface area contributed by atoms with Crippen molar-refractivity contribution in [2.24, 2.45) is 0 Å². The molecule has 11 heteroatoms. The van der Waals surface area contributed by atoms with Gasteiger partial charge in [-0.1, -0.05) is 0 Å². The van der Waals surface area contributed by atoms with E-state index in [2.05, 4.69) is 5.32 Å². The fraction of sp³-hybridized carbons (Fsp3) is 0.619. The molecule has 3 aliphatic rings. The second-order valence-electron chi connectivity index (χ2n) is 8.44. The number of hydrogen-bond donors (Lipinski definition) is 1. The Morgan fingerprint density at radius 3 is 2.75 bits per heavy atom. The van der Waals surface area contributed by atoms with E-state index in [4.69, 9.17) is 9.47 Å². The van der Waals surface area contributed by atoms with Gasteiger partial charge in [0, 0.05) is 27.2 Å². The Kier molecular flexibility index (Phi) is 6.70. The number of carbonyl (C=O) groups is 2. The molecule has 2 atom stereocenters. The molecule has 1 N–H and O–H groups in total. The lowest BCUT2D eigenvalue weighted by molar-refractivity contribution is -0.126. The molecule has 3 heterocycles. The number of benzene rings is 1. The molecule has 32 heavy (non-hydrogen) atoms. The molecule has 0 aromatic heterocycles. The highest BCUT2D eigenvalue weighted by Gasteiger charge is 2.40. The molecule has 2 fully saturated rings. The number of nitrogens with one attached hydrogen (secondary N) is 1. The summed E-state index contributed by atoms with van der Waals surface area (Å²) in [6, 6.07) is 4.47. The summed E-state index contributed by atoms with van der Waals surface area (Å²) in [7, 11) is -0.766. The van der Waals surface area contributed by atoms with Gasteiger partial charge in [-0.15, -0.1) is 0 Å². The summed E-state index contributed by atoms with van der Waals surface area (Å²) in [5.41, 5.74) is 1.23. The van der Waals surface area contributed by atoms with Gasteiger partial charge in [-0.05, 0) is 37.5 Å². The first kappa shape index (κ1) is 23.0. The fourth-order valence-corrected chi connectivity index (χ4v) is 5.28. The molecule has 2 amide bonds. The van der Waals surface area contributed by atoms with Gasteiger partial charge in [0.1, 0.15) is 12.6 Å². The molecule has 4 rings (SSSR count). The van der Waals surface area contributed by atoms with Gasteiger partial charge in [-0.25, -0.2) is 12.7 Å². The lowest BCUT2D eigenvalue weighted by Crippen LogP contribution is -2.57. The Morgan fingerprint density at radius 2 is 2.03 bits per heavy atom. The number of nitrogens with zero attached hydrogens (tertiary/aromatic N) is 3. The minimum atomic E-state index is -3.69. The normalized spacial score (nSPS) is 23.7. The lowest BCUT2D eigenvalue weighted by atomic mass is 9.96. The van der Waals surface area contributed by atoms with Crippen molar-refractivity contribution in [1.29, 1.82) is 0 Å². The van der Waals surface area contributed by atoms with Crippen LogP contribution in [0, 0.1) is 0 Å². The summed E-state index contributed by atoms with van der Waals surface area (Å²) in [6.07, 6.45) is 2.39. The van der Waals surface area contributed by atoms with Crippen LogP contribution in [0.15, 0.2) is 23.1 Å². The van der Waals surface area contributed by atoms with Crippen LogP contribution >= 0.6 is 0 Å². The van der Waals surface area contributed by atoms with Gasteiger partial charge < -0.3 is 19.7 Å². The van der Waals surface area contributed by atoms with Crippen LogP contribution in [0.2, 0.25) is 0 Å². The van der Waals surface area contributed by atoms with E-state index in [9.17, 15) is 18.0 Å². The van der Waals surface area contributed by atoms with Crippen molar-refractivity contribution in [3.8, 4) is 0 Å². The summed E-state index contributed by atoms with van der Waals surface area (Å²) in [5.74, 6) is -0.507. The largest absolute Gasteiger partial charge is 0.376 e. The summed E-state index contributed by atoms with van der Waals surface area (Å²) in [6.45, 7) is 2.27. The average Bonchev–Trinajstić information content (AvgIpc) is 2.80. The number of rotatable bonds is 6. The quantitative estimate of drug-likeness (QED) is 0.637. The first-order chi connectivity index (χ1) is 15.3. The van der Waals surface area contributed by atoms with Crippen LogP contribution in [0.1, 0.15) is 19.3 Å². The molecule has 10 nitrogen and oxygen atoms in total. The van der Waals surface area contributed by atoms with Crippen molar-refractivity contribution >= 4 is 33.2 Å². The van der Waals surface area contributed by atoms with Gasteiger partial charge in [0.05, 0.1) is 42.2 Å². The summed E-state index contributed by atoms with van der Waals surface area (Å²) < 4.78 is 37.4. The van der Waals surface area contributed by atoms with Gasteiger partial charge >= 0.3 is 0 Å². The van der Waals surface area contributed by atoms with E-state index in [-0.39, 0.29) is 35.4 Å². The fourth-order valence-electron chi connectivity index (χ4n) is 4.35. The molecule has 3 aliphatic heterocycles. The predicted molar refractivity (Wildman–Crippen MR) is 118 cm³/mol. The second kappa shape index (κ2) is 9.34. The van der Waals surface area contributed by atoms with Crippen LogP contribution in [0.5, 0.6) is 0 Å². The Labute approximate surface area is 188 Å². The van der Waals surface area contributed by atoms with E-state index in [0.29, 0.717) is 38.5 Å². The number of ether oxygens (including phenoxy) is 2. The maximum absolute atomic E-state index is 13.4. The zero-order chi connectivity index (χ0) is 22.9. The highest BCUT2D eigenvalue weighted by molar-refractivity contribution is 7.89. The second-order valence-corrected chi connectivity index (χ2v) is 10.6. The van der Waals surface area contributed by atoms with Crippen LogP contribution in [0.3, 0.4) is 0 Å². The zero-order valence-corrected chi connectivity index (χ0v) is 19.3. The van der Waals surface area contributed by atoms with Crippen LogP contribution in [-0.4, -0.2) is 90.2 Å². The first-order valence-electron chi connectivity index (χ1n) is 10.9. The Hall–Kier alpha value is -2.21. The minimum Gasteiger partial charge on any atom is -0.376 e. The number of amides is 2. The van der Waals surface area contributed by atoms with Crippen LogP contribution in [-0.2, 0) is 29.1 Å². The van der Waals surface area contributed by atoms with Crippen molar-refractivity contribution in [3.05, 3.63) is 18.2 Å². The summed E-state index contributed by atoms with van der Waals surface area (Å²) in [5, 5.41) is 2.81. The third-order valence-corrected chi connectivity index (χ3v) is 7.90. The van der Waals surface area contributed by atoms with E-state index in [1.165, 1.54) is 25.1 Å². The van der Waals surface area contributed by atoms with E-state index in [1.807, 2.05) is 4.90 Å². The van der Waals surface area contributed by atoms with E-state index >= 15 is 0 Å². The van der Waals surface area contributed by atoms with E-state index < -0.39 is 10.0 Å². The number of fused-ring (bicyclic) bond motifs is 3. The molecule has 0 spiro atoms. The highest BCUT2D eigenvalue weighted by atomic mass is 32.2.